The summed E-state index contributed by atoms with van der Waals surface area (Å²) in [5, 5.41) is 3.47. The number of amides is 1. The Kier molecular flexibility index (Phi) is 4.46. The number of halogens is 1. The van der Waals surface area contributed by atoms with Crippen LogP contribution in [-0.2, 0) is 11.2 Å². The maximum absolute atomic E-state index is 12.4. The van der Waals surface area contributed by atoms with E-state index < -0.39 is 0 Å². The predicted molar refractivity (Wildman–Crippen MR) is 90.2 cm³/mol. The summed E-state index contributed by atoms with van der Waals surface area (Å²) in [5.41, 5.74) is 3.27. The van der Waals surface area contributed by atoms with Crippen LogP contribution < -0.4 is 5.32 Å². The van der Waals surface area contributed by atoms with Gasteiger partial charge in [-0.05, 0) is 36.7 Å². The van der Waals surface area contributed by atoms with Crippen molar-refractivity contribution in [2.24, 2.45) is 0 Å². The molecule has 1 atom stereocenters. The summed E-state index contributed by atoms with van der Waals surface area (Å²) in [5.74, 6) is -0.0124. The minimum atomic E-state index is -0.0124. The molecule has 0 aliphatic carbocycles. The summed E-state index contributed by atoms with van der Waals surface area (Å²) in [4.78, 5) is 14.6. The van der Waals surface area contributed by atoms with Crippen LogP contribution in [0, 0.1) is 0 Å². The van der Waals surface area contributed by atoms with Crippen molar-refractivity contribution >= 4 is 23.2 Å². The molecule has 1 amide bonds. The Morgan fingerprint density at radius 1 is 1.23 bits per heavy atom. The van der Waals surface area contributed by atoms with Gasteiger partial charge in [0.2, 0.25) is 5.91 Å². The molecule has 1 aliphatic rings. The molecule has 2 aromatic carbocycles. The van der Waals surface area contributed by atoms with Gasteiger partial charge in [-0.2, -0.15) is 0 Å². The maximum atomic E-state index is 12.4. The number of para-hydroxylation sites is 1. The fourth-order valence-electron chi connectivity index (χ4n) is 2.98. The molecule has 1 unspecified atom stereocenters. The highest BCUT2D eigenvalue weighted by molar-refractivity contribution is 6.33. The average Bonchev–Trinajstić information content (AvgIpc) is 2.52. The first-order valence-electron chi connectivity index (χ1n) is 7.47. The number of rotatable bonds is 3. The van der Waals surface area contributed by atoms with Crippen molar-refractivity contribution < 1.29 is 4.79 Å². The zero-order valence-corrected chi connectivity index (χ0v) is 13.3. The molecule has 0 radical (unpaired) electrons. The number of carbonyl (C=O) groups is 1. The number of nitrogens with one attached hydrogen (secondary N) is 1. The third kappa shape index (κ3) is 3.16. The van der Waals surface area contributed by atoms with E-state index in [1.54, 1.807) is 6.07 Å². The molecule has 0 spiro atoms. The van der Waals surface area contributed by atoms with Gasteiger partial charge in [0.25, 0.3) is 0 Å². The van der Waals surface area contributed by atoms with Gasteiger partial charge in [-0.25, -0.2) is 0 Å². The third-order valence-electron chi connectivity index (χ3n) is 4.21. The van der Waals surface area contributed by atoms with Gasteiger partial charge in [-0.3, -0.25) is 9.69 Å². The van der Waals surface area contributed by atoms with Crippen molar-refractivity contribution in [3.05, 3.63) is 64.7 Å². The van der Waals surface area contributed by atoms with Gasteiger partial charge in [-0.15, -0.1) is 0 Å². The van der Waals surface area contributed by atoms with Crippen molar-refractivity contribution in [3.63, 3.8) is 0 Å². The summed E-state index contributed by atoms with van der Waals surface area (Å²) in [6, 6.07) is 15.8. The SMILES string of the molecule is CN1CCc2ccccc2C1CC(=O)Nc1ccccc1Cl. The summed E-state index contributed by atoms with van der Waals surface area (Å²) in [7, 11) is 2.07. The number of benzene rings is 2. The number of hydrogen-bond acceptors (Lipinski definition) is 2. The lowest BCUT2D eigenvalue weighted by Gasteiger charge is -2.34. The molecule has 0 bridgehead atoms. The predicted octanol–water partition coefficient (Wildman–Crippen LogP) is 3.90. The molecule has 0 saturated heterocycles. The van der Waals surface area contributed by atoms with Gasteiger partial charge in [-0.1, -0.05) is 48.0 Å². The number of anilines is 1. The second kappa shape index (κ2) is 6.51. The lowest BCUT2D eigenvalue weighted by atomic mass is 9.91. The van der Waals surface area contributed by atoms with E-state index in [2.05, 4.69) is 35.5 Å². The van der Waals surface area contributed by atoms with Crippen molar-refractivity contribution in [2.75, 3.05) is 18.9 Å². The van der Waals surface area contributed by atoms with Gasteiger partial charge in [0, 0.05) is 19.0 Å². The zero-order valence-electron chi connectivity index (χ0n) is 12.6. The van der Waals surface area contributed by atoms with Crippen molar-refractivity contribution in [2.45, 2.75) is 18.9 Å². The second-order valence-corrected chi connectivity index (χ2v) is 6.08. The molecule has 1 N–H and O–H groups in total. The van der Waals surface area contributed by atoms with Crippen molar-refractivity contribution in [1.29, 1.82) is 0 Å². The molecule has 0 aromatic heterocycles. The van der Waals surface area contributed by atoms with Crippen LogP contribution in [0.2, 0.25) is 5.02 Å². The Labute approximate surface area is 135 Å². The van der Waals surface area contributed by atoms with Gasteiger partial charge in [0.1, 0.15) is 0 Å². The minimum Gasteiger partial charge on any atom is -0.325 e. The quantitative estimate of drug-likeness (QED) is 0.932. The summed E-state index contributed by atoms with van der Waals surface area (Å²) in [6.45, 7) is 0.973. The normalized spacial score (nSPS) is 17.8. The molecule has 114 valence electrons. The van der Waals surface area contributed by atoms with E-state index in [0.717, 1.165) is 13.0 Å². The van der Waals surface area contributed by atoms with Crippen LogP contribution in [0.1, 0.15) is 23.6 Å². The van der Waals surface area contributed by atoms with E-state index in [1.165, 1.54) is 11.1 Å². The first-order chi connectivity index (χ1) is 10.6. The monoisotopic (exact) mass is 314 g/mol. The first kappa shape index (κ1) is 15.1. The Morgan fingerprint density at radius 2 is 1.95 bits per heavy atom. The minimum absolute atomic E-state index is 0.0124. The highest BCUT2D eigenvalue weighted by Crippen LogP contribution is 2.31. The molecule has 0 fully saturated rings. The molecule has 1 aliphatic heterocycles. The van der Waals surface area contributed by atoms with E-state index in [0.29, 0.717) is 17.1 Å². The van der Waals surface area contributed by atoms with Gasteiger partial charge in [0.05, 0.1) is 10.7 Å². The number of hydrogen-bond donors (Lipinski definition) is 1. The summed E-state index contributed by atoms with van der Waals surface area (Å²) < 4.78 is 0. The molecule has 2 aromatic rings. The summed E-state index contributed by atoms with van der Waals surface area (Å²) in [6.07, 6.45) is 1.47. The van der Waals surface area contributed by atoms with Crippen LogP contribution in [0.25, 0.3) is 0 Å². The van der Waals surface area contributed by atoms with E-state index in [4.69, 9.17) is 11.6 Å². The molecule has 3 rings (SSSR count). The third-order valence-corrected chi connectivity index (χ3v) is 4.54. The molecule has 4 heteroatoms. The lowest BCUT2D eigenvalue weighted by Crippen LogP contribution is -2.34. The Hall–Kier alpha value is -1.84. The molecule has 22 heavy (non-hydrogen) atoms. The van der Waals surface area contributed by atoms with Gasteiger partial charge >= 0.3 is 0 Å². The highest BCUT2D eigenvalue weighted by Gasteiger charge is 2.26. The molecule has 1 heterocycles. The van der Waals surface area contributed by atoms with E-state index in [9.17, 15) is 4.79 Å². The topological polar surface area (TPSA) is 32.3 Å². The van der Waals surface area contributed by atoms with Gasteiger partial charge < -0.3 is 5.32 Å². The highest BCUT2D eigenvalue weighted by atomic mass is 35.5. The van der Waals surface area contributed by atoms with Gasteiger partial charge in [0.15, 0.2) is 0 Å². The van der Waals surface area contributed by atoms with Crippen molar-refractivity contribution in [3.8, 4) is 0 Å². The summed E-state index contributed by atoms with van der Waals surface area (Å²) >= 11 is 6.10. The Bertz CT molecular complexity index is 686. The Morgan fingerprint density at radius 3 is 2.77 bits per heavy atom. The molecule has 0 saturated carbocycles. The maximum Gasteiger partial charge on any atom is 0.226 e. The van der Waals surface area contributed by atoms with E-state index in [1.807, 2.05) is 24.3 Å². The zero-order chi connectivity index (χ0) is 15.5. The molecule has 3 nitrogen and oxygen atoms in total. The van der Waals surface area contributed by atoms with Crippen LogP contribution in [0.3, 0.4) is 0 Å². The van der Waals surface area contributed by atoms with Crippen LogP contribution in [-0.4, -0.2) is 24.4 Å². The smallest absolute Gasteiger partial charge is 0.226 e. The van der Waals surface area contributed by atoms with E-state index >= 15 is 0 Å². The number of carbonyl (C=O) groups excluding carboxylic acids is 1. The van der Waals surface area contributed by atoms with E-state index in [-0.39, 0.29) is 11.9 Å². The van der Waals surface area contributed by atoms with Crippen LogP contribution in [0.15, 0.2) is 48.5 Å². The number of likely N-dealkylation sites (N-methyl/N-ethyl adjacent to an activating group) is 1. The molecular weight excluding hydrogens is 296 g/mol. The molecular formula is C18H19ClN2O. The fourth-order valence-corrected chi connectivity index (χ4v) is 3.17. The second-order valence-electron chi connectivity index (χ2n) is 5.68. The standard InChI is InChI=1S/C18H19ClN2O/c1-21-11-10-13-6-2-3-7-14(13)17(21)12-18(22)20-16-9-5-4-8-15(16)19/h2-9,17H,10-12H2,1H3,(H,20,22). The van der Waals surface area contributed by atoms with Crippen LogP contribution >= 0.6 is 11.6 Å². The number of nitrogens with zero attached hydrogens (tertiary/aromatic N) is 1. The fraction of sp³-hybridized carbons (Fsp3) is 0.278. The average molecular weight is 315 g/mol. The first-order valence-corrected chi connectivity index (χ1v) is 7.85. The van der Waals surface area contributed by atoms with Crippen molar-refractivity contribution in [1.82, 2.24) is 4.90 Å². The number of fused-ring (bicyclic) bond motifs is 1. The van der Waals surface area contributed by atoms with Crippen LogP contribution in [0.4, 0.5) is 5.69 Å². The lowest BCUT2D eigenvalue weighted by molar-refractivity contribution is -0.117. The largest absolute Gasteiger partial charge is 0.325 e. The van der Waals surface area contributed by atoms with Crippen LogP contribution in [0.5, 0.6) is 0 Å². The Balaban J connectivity index is 1.75.